The number of carbonyl (C=O) groups is 2. The van der Waals surface area contributed by atoms with E-state index in [4.69, 9.17) is 21.7 Å². The van der Waals surface area contributed by atoms with E-state index in [0.29, 0.717) is 28.4 Å². The van der Waals surface area contributed by atoms with Crippen molar-refractivity contribution in [3.05, 3.63) is 76.7 Å². The molecule has 2 amide bonds. The molecule has 1 saturated heterocycles. The van der Waals surface area contributed by atoms with Gasteiger partial charge in [-0.25, -0.2) is 0 Å². The molecule has 30 heavy (non-hydrogen) atoms. The maximum absolute atomic E-state index is 12.8. The van der Waals surface area contributed by atoms with Gasteiger partial charge in [-0.2, -0.15) is 5.01 Å². The monoisotopic (exact) mass is 440 g/mol. The minimum atomic E-state index is -0.410. The van der Waals surface area contributed by atoms with Gasteiger partial charge in [-0.15, -0.1) is 6.58 Å². The Morgan fingerprint density at radius 2 is 1.97 bits per heavy atom. The van der Waals surface area contributed by atoms with E-state index in [1.54, 1.807) is 56.7 Å². The second-order valence-electron chi connectivity index (χ2n) is 6.23. The summed E-state index contributed by atoms with van der Waals surface area (Å²) < 4.78 is 11.1. The van der Waals surface area contributed by atoms with Gasteiger partial charge in [0.05, 0.1) is 19.1 Å². The third-order valence-electron chi connectivity index (χ3n) is 4.28. The maximum atomic E-state index is 12.8. The van der Waals surface area contributed by atoms with Crippen molar-refractivity contribution in [2.75, 3.05) is 14.2 Å². The van der Waals surface area contributed by atoms with Crippen LogP contribution in [0.15, 0.2) is 60.0 Å². The maximum Gasteiger partial charge on any atom is 0.285 e. The number of benzene rings is 2. The number of rotatable bonds is 7. The summed E-state index contributed by atoms with van der Waals surface area (Å²) in [5.41, 5.74) is 4.63. The fourth-order valence-corrected chi connectivity index (χ4v) is 4.11. The highest BCUT2D eigenvalue weighted by molar-refractivity contribution is 8.26. The van der Waals surface area contributed by atoms with Crippen molar-refractivity contribution in [2.45, 2.75) is 6.42 Å². The van der Waals surface area contributed by atoms with Crippen molar-refractivity contribution in [3.8, 4) is 11.5 Å². The first kappa shape index (κ1) is 21.6. The van der Waals surface area contributed by atoms with Gasteiger partial charge in [-0.3, -0.25) is 15.0 Å². The number of thioether (sulfide) groups is 1. The third kappa shape index (κ3) is 4.55. The Bertz CT molecular complexity index is 1030. The quantitative estimate of drug-likeness (QED) is 0.399. The largest absolute Gasteiger partial charge is 0.493 e. The van der Waals surface area contributed by atoms with E-state index < -0.39 is 11.8 Å². The first-order valence-corrected chi connectivity index (χ1v) is 10.2. The molecule has 2 aromatic rings. The summed E-state index contributed by atoms with van der Waals surface area (Å²) in [6.07, 6.45) is 4.05. The fourth-order valence-electron chi connectivity index (χ4n) is 2.93. The number of nitrogens with zero attached hydrogens (tertiary/aromatic N) is 1. The molecule has 1 N–H and O–H groups in total. The Morgan fingerprint density at radius 3 is 2.60 bits per heavy atom. The number of thiocarbonyl (C=S) groups is 1. The second-order valence-corrected chi connectivity index (χ2v) is 7.91. The molecule has 8 heteroatoms. The average Bonchev–Trinajstić information content (AvgIpc) is 3.01. The van der Waals surface area contributed by atoms with Crippen LogP contribution < -0.4 is 14.9 Å². The molecule has 0 spiro atoms. The molecule has 0 bridgehead atoms. The van der Waals surface area contributed by atoms with Gasteiger partial charge < -0.3 is 9.47 Å². The van der Waals surface area contributed by atoms with Crippen molar-refractivity contribution in [1.29, 1.82) is 0 Å². The second kappa shape index (κ2) is 9.60. The van der Waals surface area contributed by atoms with Crippen LogP contribution in [0.5, 0.6) is 11.5 Å². The third-order valence-corrected chi connectivity index (χ3v) is 5.59. The van der Waals surface area contributed by atoms with Gasteiger partial charge in [-0.1, -0.05) is 36.0 Å². The van der Waals surface area contributed by atoms with E-state index in [1.165, 1.54) is 0 Å². The van der Waals surface area contributed by atoms with E-state index in [0.717, 1.165) is 27.9 Å². The number of carbonyl (C=O) groups excluding carboxylic acids is 2. The number of allylic oxidation sites excluding steroid dienone is 1. The number of methoxy groups -OCH3 is 2. The van der Waals surface area contributed by atoms with Gasteiger partial charge in [0.1, 0.15) is 0 Å². The number of hydrogen-bond acceptors (Lipinski definition) is 6. The molecule has 0 aliphatic carbocycles. The van der Waals surface area contributed by atoms with E-state index in [9.17, 15) is 9.59 Å². The van der Waals surface area contributed by atoms with Crippen LogP contribution in [0.2, 0.25) is 0 Å². The number of hydrazine groups is 1. The summed E-state index contributed by atoms with van der Waals surface area (Å²) in [6, 6.07) is 12.3. The molecule has 2 aromatic carbocycles. The summed E-state index contributed by atoms with van der Waals surface area (Å²) in [5.74, 6) is 0.370. The van der Waals surface area contributed by atoms with Crippen LogP contribution in [0.3, 0.4) is 0 Å². The lowest BCUT2D eigenvalue weighted by atomic mass is 10.0. The number of hydrogen-bond donors (Lipinski definition) is 1. The highest BCUT2D eigenvalue weighted by atomic mass is 32.2. The Balaban J connectivity index is 1.87. The zero-order chi connectivity index (χ0) is 21.7. The van der Waals surface area contributed by atoms with Gasteiger partial charge in [0.2, 0.25) is 0 Å². The molecule has 1 aliphatic heterocycles. The summed E-state index contributed by atoms with van der Waals surface area (Å²) in [4.78, 5) is 25.6. The molecule has 0 saturated carbocycles. The zero-order valence-corrected chi connectivity index (χ0v) is 18.1. The Labute approximate surface area is 184 Å². The highest BCUT2D eigenvalue weighted by Gasteiger charge is 2.33. The van der Waals surface area contributed by atoms with Gasteiger partial charge in [0, 0.05) is 11.1 Å². The lowest BCUT2D eigenvalue weighted by molar-refractivity contribution is -0.123. The SMILES string of the molecule is C=CCc1cc(/C=C2/SC(=S)N(NC(=O)c3ccccc3)C2=O)cc(OC)c1OC. The van der Waals surface area contributed by atoms with Crippen molar-refractivity contribution in [2.24, 2.45) is 0 Å². The predicted octanol–water partition coefficient (Wildman–Crippen LogP) is 3.98. The summed E-state index contributed by atoms with van der Waals surface area (Å²) in [6.45, 7) is 3.77. The van der Waals surface area contributed by atoms with Crippen molar-refractivity contribution >= 4 is 46.2 Å². The Hall–Kier alpha value is -3.10. The lowest BCUT2D eigenvalue weighted by Crippen LogP contribution is -2.44. The molecule has 1 aliphatic rings. The molecular formula is C22H20N2O4S2. The van der Waals surface area contributed by atoms with Gasteiger partial charge in [0.15, 0.2) is 15.8 Å². The molecule has 1 fully saturated rings. The van der Waals surface area contributed by atoms with Gasteiger partial charge in [-0.05, 0) is 54.5 Å². The van der Waals surface area contributed by atoms with E-state index in [2.05, 4.69) is 12.0 Å². The first-order valence-electron chi connectivity index (χ1n) is 8.98. The van der Waals surface area contributed by atoms with Gasteiger partial charge in [0.25, 0.3) is 11.8 Å². The van der Waals surface area contributed by atoms with Crippen LogP contribution >= 0.6 is 24.0 Å². The molecule has 1 heterocycles. The normalized spacial score (nSPS) is 14.7. The summed E-state index contributed by atoms with van der Waals surface area (Å²) in [7, 11) is 3.13. The van der Waals surface area contributed by atoms with Crippen molar-refractivity contribution in [3.63, 3.8) is 0 Å². The number of amides is 2. The predicted molar refractivity (Wildman–Crippen MR) is 122 cm³/mol. The molecular weight excluding hydrogens is 420 g/mol. The minimum Gasteiger partial charge on any atom is -0.493 e. The van der Waals surface area contributed by atoms with Crippen molar-refractivity contribution < 1.29 is 19.1 Å². The molecule has 0 aromatic heterocycles. The van der Waals surface area contributed by atoms with E-state index in [-0.39, 0.29) is 4.32 Å². The molecule has 0 unspecified atom stereocenters. The Morgan fingerprint density at radius 1 is 1.23 bits per heavy atom. The van der Waals surface area contributed by atoms with Crippen LogP contribution in [0.4, 0.5) is 0 Å². The average molecular weight is 441 g/mol. The summed E-state index contributed by atoms with van der Waals surface area (Å²) in [5, 5.41) is 1.09. The summed E-state index contributed by atoms with van der Waals surface area (Å²) >= 11 is 6.41. The van der Waals surface area contributed by atoms with Gasteiger partial charge >= 0.3 is 0 Å². The lowest BCUT2D eigenvalue weighted by Gasteiger charge is -2.15. The topological polar surface area (TPSA) is 67.9 Å². The van der Waals surface area contributed by atoms with Crippen LogP contribution in [-0.2, 0) is 11.2 Å². The van der Waals surface area contributed by atoms with Crippen LogP contribution in [0, 0.1) is 0 Å². The van der Waals surface area contributed by atoms with E-state index in [1.807, 2.05) is 12.1 Å². The molecule has 0 radical (unpaired) electrons. The number of nitrogens with one attached hydrogen (secondary N) is 1. The Kier molecular flexibility index (Phi) is 6.91. The molecule has 0 atom stereocenters. The highest BCUT2D eigenvalue weighted by Crippen LogP contribution is 2.36. The molecule has 3 rings (SSSR count). The van der Waals surface area contributed by atoms with Crippen LogP contribution in [0.1, 0.15) is 21.5 Å². The zero-order valence-electron chi connectivity index (χ0n) is 16.5. The molecule has 154 valence electrons. The number of ether oxygens (including phenoxy) is 2. The van der Waals surface area contributed by atoms with Crippen molar-refractivity contribution in [1.82, 2.24) is 10.4 Å². The molecule has 6 nitrogen and oxygen atoms in total. The standard InChI is InChI=1S/C22H20N2O4S2/c1-4-8-16-11-14(12-17(27-2)19(16)28-3)13-18-21(26)24(22(29)30-18)23-20(25)15-9-6-5-7-10-15/h4-7,9-13H,1,8H2,2-3H3,(H,23,25)/b18-13+. The van der Waals surface area contributed by atoms with Crippen LogP contribution in [0.25, 0.3) is 6.08 Å². The fraction of sp³-hybridized carbons (Fsp3) is 0.136. The van der Waals surface area contributed by atoms with Crippen LogP contribution in [-0.4, -0.2) is 35.4 Å². The van der Waals surface area contributed by atoms with E-state index >= 15 is 0 Å². The minimum absolute atomic E-state index is 0.252. The first-order chi connectivity index (χ1) is 14.5. The smallest absolute Gasteiger partial charge is 0.285 e.